The summed E-state index contributed by atoms with van der Waals surface area (Å²) in [6, 6.07) is 20.7. The molecular formula is C25H17ClF3N3O2S. The van der Waals surface area contributed by atoms with E-state index in [1.54, 1.807) is 36.4 Å². The number of anilines is 2. The SMILES string of the molecule is O=C(CSC1=N/C(=C\c2ccccc2)C(=O)N1c1ccccc1)Nc1cc(C(F)(F)F)ccc1Cl. The van der Waals surface area contributed by atoms with Crippen LogP contribution >= 0.6 is 23.4 Å². The van der Waals surface area contributed by atoms with Crippen molar-refractivity contribution in [2.24, 2.45) is 4.99 Å². The minimum Gasteiger partial charge on any atom is -0.324 e. The molecule has 5 nitrogen and oxygen atoms in total. The van der Waals surface area contributed by atoms with E-state index in [4.69, 9.17) is 11.6 Å². The molecule has 0 aliphatic carbocycles. The first-order valence-electron chi connectivity index (χ1n) is 10.3. The van der Waals surface area contributed by atoms with Crippen molar-refractivity contribution in [2.45, 2.75) is 6.18 Å². The second-order valence-corrected chi connectivity index (χ2v) is 8.69. The maximum Gasteiger partial charge on any atom is 0.416 e. The van der Waals surface area contributed by atoms with Gasteiger partial charge in [0.25, 0.3) is 5.91 Å². The van der Waals surface area contributed by atoms with Gasteiger partial charge in [0.2, 0.25) is 5.91 Å². The lowest BCUT2D eigenvalue weighted by molar-refractivity contribution is -0.137. The number of amides is 2. The standard InChI is InChI=1S/C25H17ClF3N3O2S/c26-19-12-11-17(25(27,28)29)14-20(19)30-22(33)15-35-24-31-21(13-16-7-3-1-4-8-16)23(34)32(24)18-9-5-2-6-10-18/h1-14H,15H2,(H,30,33)/b21-13-. The van der Waals surface area contributed by atoms with E-state index in [0.717, 1.165) is 35.5 Å². The molecule has 1 aliphatic heterocycles. The van der Waals surface area contributed by atoms with Crippen LogP contribution in [0, 0.1) is 0 Å². The fraction of sp³-hybridized carbons (Fsp3) is 0.0800. The number of benzene rings is 3. The predicted molar refractivity (Wildman–Crippen MR) is 133 cm³/mol. The van der Waals surface area contributed by atoms with Crippen molar-refractivity contribution in [2.75, 3.05) is 16.0 Å². The number of aliphatic imine (C=N–C) groups is 1. The molecule has 178 valence electrons. The highest BCUT2D eigenvalue weighted by molar-refractivity contribution is 8.14. The summed E-state index contributed by atoms with van der Waals surface area (Å²) in [6.45, 7) is 0. The largest absolute Gasteiger partial charge is 0.416 e. The lowest BCUT2D eigenvalue weighted by Gasteiger charge is -2.17. The van der Waals surface area contributed by atoms with Gasteiger partial charge in [-0.25, -0.2) is 4.99 Å². The van der Waals surface area contributed by atoms with Gasteiger partial charge >= 0.3 is 6.18 Å². The highest BCUT2D eigenvalue weighted by atomic mass is 35.5. The highest BCUT2D eigenvalue weighted by Crippen LogP contribution is 2.34. The minimum absolute atomic E-state index is 0.0243. The summed E-state index contributed by atoms with van der Waals surface area (Å²) in [4.78, 5) is 31.5. The van der Waals surface area contributed by atoms with Crippen LogP contribution in [0.2, 0.25) is 5.02 Å². The van der Waals surface area contributed by atoms with Crippen molar-refractivity contribution in [1.29, 1.82) is 0 Å². The van der Waals surface area contributed by atoms with Crippen LogP contribution in [-0.4, -0.2) is 22.7 Å². The maximum absolute atomic E-state index is 13.1. The van der Waals surface area contributed by atoms with Gasteiger partial charge in [-0.3, -0.25) is 14.5 Å². The summed E-state index contributed by atoms with van der Waals surface area (Å²) in [5, 5.41) is 2.65. The Morgan fingerprint density at radius 3 is 2.34 bits per heavy atom. The van der Waals surface area contributed by atoms with E-state index >= 15 is 0 Å². The van der Waals surface area contributed by atoms with Gasteiger partial charge in [-0.05, 0) is 42.0 Å². The number of thioether (sulfide) groups is 1. The lowest BCUT2D eigenvalue weighted by atomic mass is 10.2. The van der Waals surface area contributed by atoms with E-state index in [-0.39, 0.29) is 33.2 Å². The number of rotatable bonds is 5. The Balaban J connectivity index is 1.54. The molecule has 4 rings (SSSR count). The van der Waals surface area contributed by atoms with E-state index in [0.29, 0.717) is 5.69 Å². The average molecular weight is 516 g/mol. The van der Waals surface area contributed by atoms with Crippen molar-refractivity contribution in [3.05, 3.63) is 101 Å². The first kappa shape index (κ1) is 24.6. The number of halogens is 4. The summed E-state index contributed by atoms with van der Waals surface area (Å²) in [5.41, 5.74) is 0.476. The summed E-state index contributed by atoms with van der Waals surface area (Å²) < 4.78 is 39.0. The summed E-state index contributed by atoms with van der Waals surface area (Å²) in [5.74, 6) is -1.16. The van der Waals surface area contributed by atoms with E-state index in [1.807, 2.05) is 30.3 Å². The molecule has 0 spiro atoms. The van der Waals surface area contributed by atoms with Crippen molar-refractivity contribution in [3.63, 3.8) is 0 Å². The molecule has 1 heterocycles. The maximum atomic E-state index is 13.1. The van der Waals surface area contributed by atoms with Gasteiger partial charge < -0.3 is 5.32 Å². The van der Waals surface area contributed by atoms with E-state index in [9.17, 15) is 22.8 Å². The smallest absolute Gasteiger partial charge is 0.324 e. The summed E-state index contributed by atoms with van der Waals surface area (Å²) in [6.07, 6.45) is -2.93. The first-order chi connectivity index (χ1) is 16.7. The molecule has 0 atom stereocenters. The van der Waals surface area contributed by atoms with Crippen LogP contribution in [0.15, 0.2) is 89.6 Å². The third-order valence-corrected chi connectivity index (χ3v) is 6.12. The number of para-hydroxylation sites is 1. The van der Waals surface area contributed by atoms with Gasteiger partial charge in [0, 0.05) is 0 Å². The Morgan fingerprint density at radius 1 is 1.03 bits per heavy atom. The molecule has 1 aliphatic rings. The van der Waals surface area contributed by atoms with Crippen LogP contribution in [0.3, 0.4) is 0 Å². The lowest BCUT2D eigenvalue weighted by Crippen LogP contribution is -2.31. The Labute approximate surface area is 208 Å². The van der Waals surface area contributed by atoms with Crippen LogP contribution in [-0.2, 0) is 15.8 Å². The Bertz CT molecular complexity index is 1310. The molecule has 10 heteroatoms. The zero-order valence-electron chi connectivity index (χ0n) is 17.9. The highest BCUT2D eigenvalue weighted by Gasteiger charge is 2.33. The Hall–Kier alpha value is -3.56. The second kappa shape index (κ2) is 10.4. The van der Waals surface area contributed by atoms with Gasteiger partial charge in [0.15, 0.2) is 5.17 Å². The molecule has 0 unspecified atom stereocenters. The molecule has 0 bridgehead atoms. The third-order valence-electron chi connectivity index (χ3n) is 4.85. The average Bonchev–Trinajstić information content (AvgIpc) is 3.14. The predicted octanol–water partition coefficient (Wildman–Crippen LogP) is 6.47. The molecule has 1 N–H and O–H groups in total. The number of nitrogens with zero attached hydrogens (tertiary/aromatic N) is 2. The van der Waals surface area contributed by atoms with Crippen molar-refractivity contribution in [3.8, 4) is 0 Å². The molecular weight excluding hydrogens is 499 g/mol. The minimum atomic E-state index is -4.57. The van der Waals surface area contributed by atoms with Crippen LogP contribution in [0.5, 0.6) is 0 Å². The number of alkyl halides is 3. The van der Waals surface area contributed by atoms with E-state index in [1.165, 1.54) is 4.90 Å². The zero-order valence-corrected chi connectivity index (χ0v) is 19.5. The number of hydrogen-bond acceptors (Lipinski definition) is 4. The molecule has 3 aromatic carbocycles. The number of carbonyl (C=O) groups is 2. The normalized spacial score (nSPS) is 14.9. The van der Waals surface area contributed by atoms with Crippen LogP contribution in [0.1, 0.15) is 11.1 Å². The fourth-order valence-corrected chi connectivity index (χ4v) is 4.20. The number of hydrogen-bond donors (Lipinski definition) is 1. The quantitative estimate of drug-likeness (QED) is 0.396. The summed E-state index contributed by atoms with van der Waals surface area (Å²) >= 11 is 6.95. The second-order valence-electron chi connectivity index (χ2n) is 7.34. The summed E-state index contributed by atoms with van der Waals surface area (Å²) in [7, 11) is 0. The number of amidine groups is 1. The molecule has 0 aromatic heterocycles. The molecule has 0 radical (unpaired) electrons. The zero-order chi connectivity index (χ0) is 25.0. The molecule has 0 fully saturated rings. The molecule has 3 aromatic rings. The molecule has 0 saturated carbocycles. The van der Waals surface area contributed by atoms with Crippen LogP contribution in [0.4, 0.5) is 24.5 Å². The Morgan fingerprint density at radius 2 is 1.69 bits per heavy atom. The van der Waals surface area contributed by atoms with Gasteiger partial charge in [0.1, 0.15) is 5.70 Å². The number of carbonyl (C=O) groups excluding carboxylic acids is 2. The van der Waals surface area contributed by atoms with Crippen molar-refractivity contribution in [1.82, 2.24) is 0 Å². The fourth-order valence-electron chi connectivity index (χ4n) is 3.22. The first-order valence-corrected chi connectivity index (χ1v) is 11.6. The van der Waals surface area contributed by atoms with Gasteiger partial charge in [0.05, 0.1) is 27.7 Å². The monoisotopic (exact) mass is 515 g/mol. The molecule has 0 saturated heterocycles. The van der Waals surface area contributed by atoms with Gasteiger partial charge in [-0.15, -0.1) is 0 Å². The molecule has 35 heavy (non-hydrogen) atoms. The van der Waals surface area contributed by atoms with Crippen LogP contribution in [0.25, 0.3) is 6.08 Å². The van der Waals surface area contributed by atoms with Crippen LogP contribution < -0.4 is 10.2 Å². The van der Waals surface area contributed by atoms with Crippen molar-refractivity contribution < 1.29 is 22.8 Å². The third kappa shape index (κ3) is 5.93. The topological polar surface area (TPSA) is 61.8 Å². The Kier molecular flexibility index (Phi) is 7.28. The van der Waals surface area contributed by atoms with Gasteiger partial charge in [-0.1, -0.05) is 71.9 Å². The molecule has 2 amide bonds. The van der Waals surface area contributed by atoms with E-state index < -0.39 is 17.6 Å². The van der Waals surface area contributed by atoms with Gasteiger partial charge in [-0.2, -0.15) is 13.2 Å². The van der Waals surface area contributed by atoms with E-state index in [2.05, 4.69) is 10.3 Å². The van der Waals surface area contributed by atoms with Crippen molar-refractivity contribution >= 4 is 57.8 Å². The number of nitrogens with one attached hydrogen (secondary N) is 1.